The molecule has 0 saturated carbocycles. The Morgan fingerprint density at radius 3 is 2.43 bits per heavy atom. The van der Waals surface area contributed by atoms with Gasteiger partial charge in [0.05, 0.1) is 6.54 Å². The van der Waals surface area contributed by atoms with Crippen LogP contribution in [-0.4, -0.2) is 34.9 Å². The van der Waals surface area contributed by atoms with Crippen molar-refractivity contribution in [3.63, 3.8) is 0 Å². The maximum Gasteiger partial charge on any atom is 0.240 e. The lowest BCUT2D eigenvalue weighted by molar-refractivity contribution is -0.217. The number of allylic oxidation sites excluding steroid dienone is 3. The number of nitrogens with one attached hydrogen (secondary N) is 1. The minimum atomic E-state index is -0.777. The van der Waals surface area contributed by atoms with Crippen molar-refractivity contribution >= 4 is 73.7 Å². The molecule has 4 nitrogen and oxygen atoms in total. The van der Waals surface area contributed by atoms with E-state index in [0.717, 1.165) is 3.58 Å². The Labute approximate surface area is 167 Å². The number of halogens is 3. The van der Waals surface area contributed by atoms with Gasteiger partial charge in [0.15, 0.2) is 5.79 Å². The fourth-order valence-electron chi connectivity index (χ4n) is 2.05. The molecule has 1 aliphatic carbocycles. The summed E-state index contributed by atoms with van der Waals surface area (Å²) in [4.78, 5) is 12.6. The molecule has 0 aromatic carbocycles. The van der Waals surface area contributed by atoms with Crippen molar-refractivity contribution in [1.82, 2.24) is 5.32 Å². The number of hydrogen-bond acceptors (Lipinski definition) is 3. The number of hydrogen-bond donors (Lipinski definition) is 1. The minimum Gasteiger partial charge on any atom is -0.349 e. The van der Waals surface area contributed by atoms with Gasteiger partial charge in [0.25, 0.3) is 0 Å². The molecule has 1 aliphatic rings. The van der Waals surface area contributed by atoms with E-state index in [1.54, 1.807) is 0 Å². The van der Waals surface area contributed by atoms with Crippen molar-refractivity contribution in [3.05, 3.63) is 19.3 Å². The van der Waals surface area contributed by atoms with Gasteiger partial charge in [-0.3, -0.25) is 4.79 Å². The van der Waals surface area contributed by atoms with Crippen LogP contribution in [0.25, 0.3) is 0 Å². The topological polar surface area (TPSA) is 47.6 Å². The molecule has 1 unspecified atom stereocenters. The van der Waals surface area contributed by atoms with Crippen molar-refractivity contribution < 1.29 is 14.3 Å². The average molecular weight is 631 g/mol. The lowest BCUT2D eigenvalue weighted by atomic mass is 10.00. The summed E-state index contributed by atoms with van der Waals surface area (Å²) < 4.78 is 13.0. The largest absolute Gasteiger partial charge is 0.349 e. The van der Waals surface area contributed by atoms with E-state index in [0.29, 0.717) is 26.2 Å². The van der Waals surface area contributed by atoms with E-state index in [1.807, 2.05) is 26.8 Å². The fraction of sp³-hybridized carbons (Fsp3) is 0.643. The number of carbonyl (C=O) groups is 1. The molecule has 1 amide bonds. The normalized spacial score (nSPS) is 22.6. The summed E-state index contributed by atoms with van der Waals surface area (Å²) in [5, 5.41) is 2.97. The summed E-state index contributed by atoms with van der Waals surface area (Å²) in [5.41, 5.74) is 0. The Morgan fingerprint density at radius 1 is 1.38 bits per heavy atom. The molecule has 0 aromatic heterocycles. The molecular weight excluding hydrogens is 611 g/mol. The zero-order valence-corrected chi connectivity index (χ0v) is 18.8. The molecule has 0 saturated heterocycles. The minimum absolute atomic E-state index is 0.00911. The van der Waals surface area contributed by atoms with E-state index in [2.05, 4.69) is 79.2 Å². The average Bonchev–Trinajstić information content (AvgIpc) is 2.35. The number of alkyl halides is 1. The fourth-order valence-corrected chi connectivity index (χ4v) is 6.75. The van der Waals surface area contributed by atoms with Crippen molar-refractivity contribution in [3.8, 4) is 0 Å². The second kappa shape index (κ2) is 8.78. The predicted octanol–water partition coefficient (Wildman–Crippen LogP) is 4.11. The zero-order chi connectivity index (χ0) is 16.1. The second-order valence-electron chi connectivity index (χ2n) is 4.84. The molecular formula is C14H20I3NO3. The highest BCUT2D eigenvalue weighted by Gasteiger charge is 2.37. The zero-order valence-electron chi connectivity index (χ0n) is 12.3. The third-order valence-electron chi connectivity index (χ3n) is 2.93. The van der Waals surface area contributed by atoms with Gasteiger partial charge in [-0.05, 0) is 81.7 Å². The number of carbonyl (C=O) groups excluding carboxylic acids is 1. The lowest BCUT2D eigenvalue weighted by Gasteiger charge is -2.32. The molecule has 0 spiro atoms. The van der Waals surface area contributed by atoms with Crippen LogP contribution in [-0.2, 0) is 14.3 Å². The number of amides is 1. The van der Waals surface area contributed by atoms with Crippen LogP contribution >= 0.6 is 67.8 Å². The summed E-state index contributed by atoms with van der Waals surface area (Å²) in [6.07, 6.45) is 4.81. The van der Waals surface area contributed by atoms with Crippen LogP contribution in [0.3, 0.4) is 0 Å². The first-order valence-corrected chi connectivity index (χ1v) is 9.98. The van der Waals surface area contributed by atoms with E-state index in [4.69, 9.17) is 9.47 Å². The van der Waals surface area contributed by atoms with Crippen LogP contribution in [0.15, 0.2) is 19.3 Å². The molecule has 1 rings (SSSR count). The first-order valence-electron chi connectivity index (χ1n) is 6.74. The molecule has 0 bridgehead atoms. The highest BCUT2D eigenvalue weighted by Crippen LogP contribution is 2.39. The molecule has 7 heteroatoms. The summed E-state index contributed by atoms with van der Waals surface area (Å²) >= 11 is 6.75. The van der Waals surface area contributed by atoms with E-state index in [1.165, 1.54) is 3.58 Å². The van der Waals surface area contributed by atoms with Gasteiger partial charge in [0.2, 0.25) is 5.91 Å². The number of ether oxygens (including phenoxy) is 2. The maximum absolute atomic E-state index is 12.6. The number of rotatable bonds is 7. The Bertz CT molecular complexity index is 445. The van der Waals surface area contributed by atoms with Gasteiger partial charge in [0, 0.05) is 23.2 Å². The highest BCUT2D eigenvalue weighted by molar-refractivity contribution is 14.1. The Kier molecular flexibility index (Phi) is 8.41. The smallest absolute Gasteiger partial charge is 0.240 e. The van der Waals surface area contributed by atoms with Crippen molar-refractivity contribution in [2.75, 3.05) is 19.8 Å². The first-order chi connectivity index (χ1) is 9.74. The standard InChI is InChI=1S/C14H20I3NO3/c1-4-20-13(3,21-5-2)9-18-12(19)14(17)7-10(15)6-11(16)8-14/h6-7H,4-5,8-9H2,1-3H3,(H,18,19). The van der Waals surface area contributed by atoms with Crippen LogP contribution in [0, 0.1) is 0 Å². The Hall–Kier alpha value is 1.06. The van der Waals surface area contributed by atoms with E-state index in [9.17, 15) is 4.79 Å². The molecule has 1 atom stereocenters. The molecule has 0 aromatic rings. The van der Waals surface area contributed by atoms with Gasteiger partial charge < -0.3 is 14.8 Å². The molecule has 1 N–H and O–H groups in total. The van der Waals surface area contributed by atoms with Gasteiger partial charge >= 0.3 is 0 Å². The first kappa shape index (κ1) is 20.1. The summed E-state index contributed by atoms with van der Waals surface area (Å²) in [6, 6.07) is 0. The molecule has 21 heavy (non-hydrogen) atoms. The van der Waals surface area contributed by atoms with Crippen LogP contribution in [0.5, 0.6) is 0 Å². The van der Waals surface area contributed by atoms with Crippen LogP contribution < -0.4 is 5.32 Å². The molecule has 0 heterocycles. The van der Waals surface area contributed by atoms with Gasteiger partial charge in [0.1, 0.15) is 3.42 Å². The predicted molar refractivity (Wildman–Crippen MR) is 110 cm³/mol. The summed E-state index contributed by atoms with van der Waals surface area (Å²) in [5.74, 6) is -0.786. The quantitative estimate of drug-likeness (QED) is 0.262. The van der Waals surface area contributed by atoms with Gasteiger partial charge in [-0.25, -0.2) is 0 Å². The molecule has 0 aliphatic heterocycles. The molecule has 120 valence electrons. The summed E-state index contributed by atoms with van der Waals surface area (Å²) in [7, 11) is 0. The Morgan fingerprint density at radius 2 is 1.95 bits per heavy atom. The maximum atomic E-state index is 12.6. The monoisotopic (exact) mass is 631 g/mol. The second-order valence-corrected chi connectivity index (χ2v) is 9.40. The van der Waals surface area contributed by atoms with Gasteiger partial charge in [-0.2, -0.15) is 0 Å². The van der Waals surface area contributed by atoms with Crippen molar-refractivity contribution in [2.24, 2.45) is 0 Å². The Balaban J connectivity index is 2.71. The molecule has 0 fully saturated rings. The SMILES string of the molecule is CCOC(C)(CNC(=O)C1(I)C=C(I)C=C(I)C1)OCC. The van der Waals surface area contributed by atoms with Gasteiger partial charge in [-0.15, -0.1) is 0 Å². The lowest BCUT2D eigenvalue weighted by Crippen LogP contribution is -2.50. The third kappa shape index (κ3) is 6.22. The summed E-state index contributed by atoms with van der Waals surface area (Å²) in [6.45, 7) is 7.10. The molecule has 0 radical (unpaired) electrons. The third-order valence-corrected chi connectivity index (χ3v) is 5.43. The van der Waals surface area contributed by atoms with E-state index in [-0.39, 0.29) is 5.91 Å². The van der Waals surface area contributed by atoms with Crippen LogP contribution in [0.2, 0.25) is 0 Å². The van der Waals surface area contributed by atoms with E-state index < -0.39 is 9.21 Å². The van der Waals surface area contributed by atoms with Gasteiger partial charge in [-0.1, -0.05) is 22.6 Å². The highest BCUT2D eigenvalue weighted by atomic mass is 127. The van der Waals surface area contributed by atoms with Crippen molar-refractivity contribution in [2.45, 2.75) is 36.4 Å². The van der Waals surface area contributed by atoms with Crippen molar-refractivity contribution in [1.29, 1.82) is 0 Å². The van der Waals surface area contributed by atoms with Crippen LogP contribution in [0.4, 0.5) is 0 Å². The van der Waals surface area contributed by atoms with E-state index >= 15 is 0 Å². The van der Waals surface area contributed by atoms with Crippen LogP contribution in [0.1, 0.15) is 27.2 Å².